The van der Waals surface area contributed by atoms with Gasteiger partial charge in [0.2, 0.25) is 17.7 Å². The fraction of sp³-hybridized carbons (Fsp3) is 0.412. The van der Waals surface area contributed by atoms with Gasteiger partial charge in [0.05, 0.1) is 16.9 Å². The molecule has 5 rings (SSSR count). The van der Waals surface area contributed by atoms with Crippen LogP contribution in [0.15, 0.2) is 66.9 Å². The van der Waals surface area contributed by atoms with Gasteiger partial charge in [0.25, 0.3) is 0 Å². The van der Waals surface area contributed by atoms with Crippen molar-refractivity contribution in [2.45, 2.75) is 52.1 Å². The lowest BCUT2D eigenvalue weighted by atomic mass is 9.78. The highest BCUT2D eigenvalue weighted by atomic mass is 32.2. The first kappa shape index (κ1) is 32.3. The molecule has 2 aliphatic rings. The van der Waals surface area contributed by atoms with Gasteiger partial charge in [0.1, 0.15) is 22.2 Å². The second kappa shape index (κ2) is 13.9. The van der Waals surface area contributed by atoms with Gasteiger partial charge < -0.3 is 20.9 Å². The summed E-state index contributed by atoms with van der Waals surface area (Å²) in [5.41, 5.74) is 3.77. The van der Waals surface area contributed by atoms with Crippen LogP contribution in [0, 0.1) is 11.3 Å². The number of sulfone groups is 1. The van der Waals surface area contributed by atoms with Crippen LogP contribution >= 0.6 is 0 Å². The van der Waals surface area contributed by atoms with Crippen molar-refractivity contribution in [3.05, 3.63) is 89.1 Å². The standard InChI is InChI=1S/C34H41N5O5S/c1-3-34(13-16-45(43,44)17-14-34)33(42)39(22-26-9-5-4-8-25(26)21-35-2)23-31(40)37-29-12-11-24-18-28(19-27(24)20-29)32(41)38-30-10-6-7-15-36-30/h4-12,15,20,28,35H,3,13-14,16-19,21-23H2,1-2H3,(H,37,40)(H,36,38,41)/t28-/m1/s1. The van der Waals surface area contributed by atoms with E-state index in [1.165, 1.54) is 0 Å². The van der Waals surface area contributed by atoms with E-state index >= 15 is 0 Å². The Morgan fingerprint density at radius 3 is 2.33 bits per heavy atom. The molecule has 3 N–H and O–H groups in total. The number of nitrogens with one attached hydrogen (secondary N) is 3. The van der Waals surface area contributed by atoms with Gasteiger partial charge >= 0.3 is 0 Å². The quantitative estimate of drug-likeness (QED) is 0.293. The van der Waals surface area contributed by atoms with Crippen molar-refractivity contribution in [2.24, 2.45) is 11.3 Å². The van der Waals surface area contributed by atoms with Crippen LogP contribution in [-0.4, -0.2) is 61.1 Å². The zero-order valence-corrected chi connectivity index (χ0v) is 26.7. The zero-order chi connectivity index (χ0) is 32.0. The van der Waals surface area contributed by atoms with Crippen molar-refractivity contribution in [1.82, 2.24) is 15.2 Å². The number of hydrogen-bond acceptors (Lipinski definition) is 7. The van der Waals surface area contributed by atoms with Crippen molar-refractivity contribution in [3.63, 3.8) is 0 Å². The highest BCUT2D eigenvalue weighted by Crippen LogP contribution is 2.38. The lowest BCUT2D eigenvalue weighted by Gasteiger charge is -2.39. The molecular formula is C34H41N5O5S. The number of pyridine rings is 1. The van der Waals surface area contributed by atoms with Gasteiger partial charge in [-0.3, -0.25) is 14.4 Å². The topological polar surface area (TPSA) is 138 Å². The number of fused-ring (bicyclic) bond motifs is 1. The molecule has 2 aromatic carbocycles. The molecule has 0 spiro atoms. The summed E-state index contributed by atoms with van der Waals surface area (Å²) < 4.78 is 24.5. The maximum absolute atomic E-state index is 14.2. The van der Waals surface area contributed by atoms with Crippen molar-refractivity contribution in [1.29, 1.82) is 0 Å². The molecule has 3 amide bonds. The van der Waals surface area contributed by atoms with Crippen LogP contribution in [-0.2, 0) is 50.2 Å². The highest BCUT2D eigenvalue weighted by molar-refractivity contribution is 7.91. The maximum atomic E-state index is 14.2. The third-order valence-electron chi connectivity index (χ3n) is 9.09. The van der Waals surface area contributed by atoms with Crippen LogP contribution < -0.4 is 16.0 Å². The highest BCUT2D eigenvalue weighted by Gasteiger charge is 2.44. The first-order chi connectivity index (χ1) is 21.6. The number of benzene rings is 2. The normalized spacial score (nSPS) is 18.0. The predicted molar refractivity (Wildman–Crippen MR) is 174 cm³/mol. The summed E-state index contributed by atoms with van der Waals surface area (Å²) >= 11 is 0. The molecule has 1 atom stereocenters. The summed E-state index contributed by atoms with van der Waals surface area (Å²) in [6.07, 6.45) is 3.78. The Morgan fingerprint density at radius 2 is 1.64 bits per heavy atom. The first-order valence-corrected chi connectivity index (χ1v) is 17.3. The van der Waals surface area contributed by atoms with E-state index in [9.17, 15) is 22.8 Å². The number of nitrogens with zero attached hydrogens (tertiary/aromatic N) is 2. The maximum Gasteiger partial charge on any atom is 0.244 e. The Morgan fingerprint density at radius 1 is 0.933 bits per heavy atom. The minimum atomic E-state index is -3.18. The van der Waals surface area contributed by atoms with E-state index in [0.29, 0.717) is 37.3 Å². The average Bonchev–Trinajstić information content (AvgIpc) is 3.46. The van der Waals surface area contributed by atoms with Gasteiger partial charge in [0.15, 0.2) is 0 Å². The minimum absolute atomic E-state index is 0.0288. The second-order valence-corrected chi connectivity index (χ2v) is 14.4. The van der Waals surface area contributed by atoms with Gasteiger partial charge in [-0.2, -0.15) is 0 Å². The van der Waals surface area contributed by atoms with E-state index in [2.05, 4.69) is 20.9 Å². The lowest BCUT2D eigenvalue weighted by molar-refractivity contribution is -0.145. The van der Waals surface area contributed by atoms with Gasteiger partial charge in [0, 0.05) is 30.9 Å². The summed E-state index contributed by atoms with van der Waals surface area (Å²) in [4.78, 5) is 46.3. The molecule has 10 nitrogen and oxygen atoms in total. The van der Waals surface area contributed by atoms with E-state index in [1.807, 2.05) is 62.5 Å². The summed E-state index contributed by atoms with van der Waals surface area (Å²) in [5, 5.41) is 8.99. The van der Waals surface area contributed by atoms with Crippen molar-refractivity contribution in [3.8, 4) is 0 Å². The fourth-order valence-corrected chi connectivity index (χ4v) is 7.99. The van der Waals surface area contributed by atoms with E-state index in [1.54, 1.807) is 23.2 Å². The molecule has 1 aromatic heterocycles. The Labute approximate surface area is 264 Å². The van der Waals surface area contributed by atoms with E-state index in [0.717, 1.165) is 22.3 Å². The van der Waals surface area contributed by atoms with Crippen LogP contribution in [0.1, 0.15) is 48.4 Å². The molecule has 0 unspecified atom stereocenters. The Kier molecular flexibility index (Phi) is 9.99. The number of rotatable bonds is 11. The molecule has 2 heterocycles. The average molecular weight is 632 g/mol. The van der Waals surface area contributed by atoms with Crippen LogP contribution in [0.4, 0.5) is 11.5 Å². The Balaban J connectivity index is 1.30. The van der Waals surface area contributed by atoms with Gasteiger partial charge in [-0.1, -0.05) is 43.3 Å². The molecule has 0 radical (unpaired) electrons. The number of anilines is 2. The largest absolute Gasteiger partial charge is 0.329 e. The first-order valence-electron chi connectivity index (χ1n) is 15.5. The van der Waals surface area contributed by atoms with Crippen LogP contribution in [0.2, 0.25) is 0 Å². The van der Waals surface area contributed by atoms with Crippen molar-refractivity contribution >= 4 is 39.1 Å². The molecule has 1 saturated heterocycles. The monoisotopic (exact) mass is 631 g/mol. The molecule has 3 aromatic rings. The number of carbonyl (C=O) groups excluding carboxylic acids is 3. The van der Waals surface area contributed by atoms with E-state index in [-0.39, 0.29) is 61.1 Å². The Bertz CT molecular complexity index is 1650. The molecule has 0 bridgehead atoms. The number of aromatic nitrogens is 1. The van der Waals surface area contributed by atoms with E-state index in [4.69, 9.17) is 0 Å². The molecule has 1 aliphatic heterocycles. The summed E-state index contributed by atoms with van der Waals surface area (Å²) in [6, 6.07) is 18.8. The Hall–Kier alpha value is -4.09. The van der Waals surface area contributed by atoms with Crippen LogP contribution in [0.3, 0.4) is 0 Å². The van der Waals surface area contributed by atoms with E-state index < -0.39 is 15.3 Å². The number of carbonyl (C=O) groups is 3. The van der Waals surface area contributed by atoms with Gasteiger partial charge in [-0.05, 0) is 85.7 Å². The fourth-order valence-electron chi connectivity index (χ4n) is 6.38. The SMILES string of the molecule is CCC1(C(=O)N(CC(=O)Nc2ccc3c(c2)C[C@H](C(=O)Nc2ccccn2)C3)Cc2ccccc2CNC)CCS(=O)(=O)CC1. The molecule has 1 fully saturated rings. The van der Waals surface area contributed by atoms with Crippen molar-refractivity contribution < 1.29 is 22.8 Å². The molecule has 11 heteroatoms. The number of hydrogen-bond donors (Lipinski definition) is 3. The molecule has 1 aliphatic carbocycles. The third-order valence-corrected chi connectivity index (χ3v) is 10.7. The summed E-state index contributed by atoms with van der Waals surface area (Å²) in [7, 11) is -1.32. The summed E-state index contributed by atoms with van der Waals surface area (Å²) in [6.45, 7) is 2.58. The third kappa shape index (κ3) is 7.77. The van der Waals surface area contributed by atoms with Gasteiger partial charge in [-0.25, -0.2) is 13.4 Å². The molecule has 45 heavy (non-hydrogen) atoms. The molecule has 238 valence electrons. The lowest BCUT2D eigenvalue weighted by Crippen LogP contribution is -2.49. The molecular weight excluding hydrogens is 590 g/mol. The number of amides is 3. The predicted octanol–water partition coefficient (Wildman–Crippen LogP) is 3.73. The van der Waals surface area contributed by atoms with Crippen molar-refractivity contribution in [2.75, 3.05) is 35.7 Å². The minimum Gasteiger partial charge on any atom is -0.329 e. The zero-order valence-electron chi connectivity index (χ0n) is 25.8. The molecule has 0 saturated carbocycles. The van der Waals surface area contributed by atoms with Crippen LogP contribution in [0.25, 0.3) is 0 Å². The van der Waals surface area contributed by atoms with Gasteiger partial charge in [-0.15, -0.1) is 0 Å². The van der Waals surface area contributed by atoms with Crippen LogP contribution in [0.5, 0.6) is 0 Å². The second-order valence-electron chi connectivity index (χ2n) is 12.1. The summed E-state index contributed by atoms with van der Waals surface area (Å²) in [5.74, 6) is -0.403. The smallest absolute Gasteiger partial charge is 0.244 e.